The van der Waals surface area contributed by atoms with Gasteiger partial charge in [0.2, 0.25) is 0 Å². The predicted molar refractivity (Wildman–Crippen MR) is 118 cm³/mol. The number of carbonyl (C=O) groups is 1. The third kappa shape index (κ3) is 3.74. The van der Waals surface area contributed by atoms with Crippen LogP contribution in [0.2, 0.25) is 0 Å². The molecule has 4 aliphatic rings. The van der Waals surface area contributed by atoms with E-state index in [1.54, 1.807) is 0 Å². The summed E-state index contributed by atoms with van der Waals surface area (Å²) in [6.45, 7) is 4.69. The lowest BCUT2D eigenvalue weighted by molar-refractivity contribution is -0.178. The van der Waals surface area contributed by atoms with Gasteiger partial charge >= 0.3 is 0 Å². The molecular formula is C27H46O. The topological polar surface area (TPSA) is 17.1 Å². The maximum Gasteiger partial charge on any atom is 0.145 e. The molecular weight excluding hydrogens is 340 g/mol. The molecule has 0 aromatic heterocycles. The zero-order valence-electron chi connectivity index (χ0n) is 18.9. The van der Waals surface area contributed by atoms with Crippen molar-refractivity contribution in [2.24, 2.45) is 34.5 Å². The van der Waals surface area contributed by atoms with Gasteiger partial charge < -0.3 is 0 Å². The first-order chi connectivity index (χ1) is 13.6. The summed E-state index contributed by atoms with van der Waals surface area (Å²) in [7, 11) is 0. The fourth-order valence-electron chi connectivity index (χ4n) is 8.24. The van der Waals surface area contributed by atoms with Crippen molar-refractivity contribution in [2.75, 3.05) is 0 Å². The van der Waals surface area contributed by atoms with Gasteiger partial charge in [0.1, 0.15) is 5.78 Å². The normalized spacial score (nSPS) is 40.6. The van der Waals surface area contributed by atoms with Gasteiger partial charge in [-0.3, -0.25) is 4.79 Å². The van der Waals surface area contributed by atoms with Gasteiger partial charge in [-0.1, -0.05) is 71.6 Å². The van der Waals surface area contributed by atoms with Crippen molar-refractivity contribution in [3.63, 3.8) is 0 Å². The highest BCUT2D eigenvalue weighted by Gasteiger charge is 2.65. The van der Waals surface area contributed by atoms with Gasteiger partial charge in [0.15, 0.2) is 0 Å². The number of unbranched alkanes of at least 4 members (excludes halogenated alkanes) is 2. The first-order valence-corrected chi connectivity index (χ1v) is 13.2. The molecule has 4 saturated carbocycles. The predicted octanol–water partition coefficient (Wildman–Crippen LogP) is 8.11. The molecule has 3 atom stereocenters. The third-order valence-electron chi connectivity index (χ3n) is 10.0. The summed E-state index contributed by atoms with van der Waals surface area (Å²) < 4.78 is 0. The van der Waals surface area contributed by atoms with Crippen LogP contribution in [0, 0.1) is 34.5 Å². The molecule has 4 fully saturated rings. The lowest BCUT2D eigenvalue weighted by Gasteiger charge is -2.62. The van der Waals surface area contributed by atoms with Crippen LogP contribution in [0.3, 0.4) is 0 Å². The van der Waals surface area contributed by atoms with Crippen molar-refractivity contribution in [1.82, 2.24) is 0 Å². The molecule has 0 N–H and O–H groups in total. The van der Waals surface area contributed by atoms with Crippen molar-refractivity contribution < 1.29 is 4.79 Å². The lowest BCUT2D eigenvalue weighted by Crippen LogP contribution is -2.62. The monoisotopic (exact) mass is 386 g/mol. The van der Waals surface area contributed by atoms with E-state index in [1.165, 1.54) is 116 Å². The van der Waals surface area contributed by atoms with Crippen molar-refractivity contribution in [1.29, 1.82) is 0 Å². The number of Topliss-reactive ketones (excluding diaryl/α,β-unsaturated/α-hetero) is 1. The molecule has 0 unspecified atom stereocenters. The van der Waals surface area contributed by atoms with E-state index < -0.39 is 0 Å². The Kier molecular flexibility index (Phi) is 6.58. The van der Waals surface area contributed by atoms with Crippen LogP contribution in [-0.4, -0.2) is 5.78 Å². The Morgan fingerprint density at radius 1 is 0.857 bits per heavy atom. The molecule has 0 amide bonds. The number of carbonyl (C=O) groups excluding carboxylic acids is 1. The van der Waals surface area contributed by atoms with Crippen LogP contribution in [0.4, 0.5) is 0 Å². The highest BCUT2D eigenvalue weighted by molar-refractivity contribution is 5.97. The molecule has 4 aliphatic carbocycles. The van der Waals surface area contributed by atoms with Crippen LogP contribution in [0.25, 0.3) is 0 Å². The number of hydrogen-bond donors (Lipinski definition) is 0. The zero-order valence-corrected chi connectivity index (χ0v) is 18.9. The average Bonchev–Trinajstić information content (AvgIpc) is 2.75. The molecule has 1 nitrogen and oxygen atoms in total. The molecule has 0 aliphatic heterocycles. The summed E-state index contributed by atoms with van der Waals surface area (Å²) in [6, 6.07) is 0. The lowest BCUT2D eigenvalue weighted by atomic mass is 9.40. The summed E-state index contributed by atoms with van der Waals surface area (Å²) >= 11 is 0. The first kappa shape index (κ1) is 20.9. The maximum atomic E-state index is 13.7. The van der Waals surface area contributed by atoms with Crippen LogP contribution in [0.1, 0.15) is 129 Å². The molecule has 0 saturated heterocycles. The summed E-state index contributed by atoms with van der Waals surface area (Å²) in [5, 5.41) is 0. The van der Waals surface area contributed by atoms with Crippen molar-refractivity contribution in [3.8, 4) is 0 Å². The van der Waals surface area contributed by atoms with Crippen LogP contribution >= 0.6 is 0 Å². The largest absolute Gasteiger partial charge is 0.298 e. The molecule has 0 heterocycles. The zero-order chi connectivity index (χ0) is 19.6. The Bertz CT molecular complexity index is 522. The van der Waals surface area contributed by atoms with Gasteiger partial charge in [-0.15, -0.1) is 0 Å². The molecule has 160 valence electrons. The van der Waals surface area contributed by atoms with Gasteiger partial charge in [0, 0.05) is 10.8 Å². The number of hydrogen-bond acceptors (Lipinski definition) is 1. The number of rotatable bonds is 6. The Balaban J connectivity index is 1.42. The molecule has 0 radical (unpaired) electrons. The van der Waals surface area contributed by atoms with Gasteiger partial charge in [-0.25, -0.2) is 0 Å². The molecule has 1 heteroatoms. The quantitative estimate of drug-likeness (QED) is 0.421. The SMILES string of the molecule is CCCCC[C@H]1C[C@H](C2CCC(CC)CC2)CC[C@]12CC1(CCCCC1)C2=O. The summed E-state index contributed by atoms with van der Waals surface area (Å²) in [6.07, 6.45) is 24.4. The van der Waals surface area contributed by atoms with Crippen LogP contribution in [-0.2, 0) is 4.79 Å². The second kappa shape index (κ2) is 8.81. The number of ketones is 1. The smallest absolute Gasteiger partial charge is 0.145 e. The van der Waals surface area contributed by atoms with Crippen molar-refractivity contribution in [2.45, 2.75) is 129 Å². The molecule has 4 rings (SSSR count). The first-order valence-electron chi connectivity index (χ1n) is 13.2. The van der Waals surface area contributed by atoms with Crippen molar-refractivity contribution >= 4 is 5.78 Å². The van der Waals surface area contributed by atoms with Gasteiger partial charge in [0.25, 0.3) is 0 Å². The van der Waals surface area contributed by atoms with E-state index in [9.17, 15) is 4.79 Å². The van der Waals surface area contributed by atoms with Gasteiger partial charge in [0.05, 0.1) is 0 Å². The van der Waals surface area contributed by atoms with Gasteiger partial charge in [-0.2, -0.15) is 0 Å². The fraction of sp³-hybridized carbons (Fsp3) is 0.963. The fourth-order valence-corrected chi connectivity index (χ4v) is 8.24. The molecule has 2 spiro atoms. The molecule has 0 bridgehead atoms. The van der Waals surface area contributed by atoms with E-state index in [0.717, 1.165) is 29.5 Å². The standard InChI is InChI=1S/C27H46O/c1-3-5-7-10-24-19-23(22-13-11-21(4-2)12-14-22)15-18-27(24)20-26(25(27)28)16-8-6-9-17-26/h21-24H,3-20H2,1-2H3/t21?,22?,23-,24+,27+/m1/s1. The summed E-state index contributed by atoms with van der Waals surface area (Å²) in [5.74, 6) is 4.40. The Morgan fingerprint density at radius 3 is 2.25 bits per heavy atom. The highest BCUT2D eigenvalue weighted by atomic mass is 16.1. The maximum absolute atomic E-state index is 13.7. The van der Waals surface area contributed by atoms with E-state index >= 15 is 0 Å². The van der Waals surface area contributed by atoms with E-state index in [4.69, 9.17) is 0 Å². The summed E-state index contributed by atoms with van der Waals surface area (Å²) in [4.78, 5) is 13.7. The second-order valence-corrected chi connectivity index (χ2v) is 11.4. The highest BCUT2D eigenvalue weighted by Crippen LogP contribution is 2.67. The van der Waals surface area contributed by atoms with E-state index in [1.807, 2.05) is 0 Å². The Morgan fingerprint density at radius 2 is 1.61 bits per heavy atom. The van der Waals surface area contributed by atoms with E-state index in [2.05, 4.69) is 13.8 Å². The molecule has 0 aromatic rings. The molecule has 0 aromatic carbocycles. The van der Waals surface area contributed by atoms with Crippen LogP contribution in [0.15, 0.2) is 0 Å². The van der Waals surface area contributed by atoms with Crippen LogP contribution in [0.5, 0.6) is 0 Å². The summed E-state index contributed by atoms with van der Waals surface area (Å²) in [5.41, 5.74) is 0.273. The second-order valence-electron chi connectivity index (χ2n) is 11.4. The minimum Gasteiger partial charge on any atom is -0.298 e. The average molecular weight is 387 g/mol. The Hall–Kier alpha value is -0.330. The minimum atomic E-state index is 0.127. The van der Waals surface area contributed by atoms with Gasteiger partial charge in [-0.05, 0) is 81.5 Å². The van der Waals surface area contributed by atoms with Crippen LogP contribution < -0.4 is 0 Å². The van der Waals surface area contributed by atoms with E-state index in [0.29, 0.717) is 0 Å². The molecule has 28 heavy (non-hydrogen) atoms. The minimum absolute atomic E-state index is 0.127. The van der Waals surface area contributed by atoms with E-state index in [-0.39, 0.29) is 10.8 Å². The third-order valence-corrected chi connectivity index (χ3v) is 10.0. The van der Waals surface area contributed by atoms with Crippen molar-refractivity contribution in [3.05, 3.63) is 0 Å². The Labute approximate surface area is 174 Å².